The highest BCUT2D eigenvalue weighted by molar-refractivity contribution is 5.79. The maximum absolute atomic E-state index is 12.3. The Bertz CT molecular complexity index is 767. The van der Waals surface area contributed by atoms with Crippen LogP contribution < -0.4 is 20.5 Å². The first-order valence-electron chi connectivity index (χ1n) is 7.77. The number of aromatic nitrogens is 2. The fourth-order valence-corrected chi connectivity index (χ4v) is 2.65. The summed E-state index contributed by atoms with van der Waals surface area (Å²) in [5.41, 5.74) is 1.46. The van der Waals surface area contributed by atoms with Crippen LogP contribution in [0.4, 0.5) is 0 Å². The van der Waals surface area contributed by atoms with Crippen molar-refractivity contribution in [3.63, 3.8) is 0 Å². The van der Waals surface area contributed by atoms with Gasteiger partial charge in [-0.15, -0.1) is 0 Å². The highest BCUT2D eigenvalue weighted by atomic mass is 16.5. The number of fused-ring (bicyclic) bond motifs is 1. The standard InChI is InChI=1S/C17H19N3O4/c1-23-14-2-3-15-12(7-14)6-13(10-24-15)16(21)18-5-4-11-8-19-17(22)20-9-11/h2-3,7-9,13H,4-6,10H2,1H3,(H,18,21)(H,19,20,22). The van der Waals surface area contributed by atoms with Gasteiger partial charge in [-0.1, -0.05) is 0 Å². The van der Waals surface area contributed by atoms with E-state index in [2.05, 4.69) is 15.3 Å². The van der Waals surface area contributed by atoms with E-state index in [1.54, 1.807) is 13.3 Å². The first-order chi connectivity index (χ1) is 11.7. The second-order valence-corrected chi connectivity index (χ2v) is 5.65. The molecule has 2 N–H and O–H groups in total. The van der Waals surface area contributed by atoms with Crippen molar-refractivity contribution in [1.82, 2.24) is 15.3 Å². The van der Waals surface area contributed by atoms with Crippen LogP contribution in [0.5, 0.6) is 11.5 Å². The summed E-state index contributed by atoms with van der Waals surface area (Å²) < 4.78 is 10.9. The van der Waals surface area contributed by atoms with Crippen LogP contribution in [0, 0.1) is 5.92 Å². The van der Waals surface area contributed by atoms with E-state index in [-0.39, 0.29) is 17.5 Å². The van der Waals surface area contributed by atoms with Crippen molar-refractivity contribution in [2.24, 2.45) is 5.92 Å². The number of hydrogen-bond donors (Lipinski definition) is 2. The highest BCUT2D eigenvalue weighted by Gasteiger charge is 2.26. The molecule has 0 saturated carbocycles. The summed E-state index contributed by atoms with van der Waals surface area (Å²) in [6.07, 6.45) is 4.34. The molecule has 0 spiro atoms. The van der Waals surface area contributed by atoms with Crippen molar-refractivity contribution >= 4 is 5.91 Å². The summed E-state index contributed by atoms with van der Waals surface area (Å²) in [6, 6.07) is 5.61. The number of carbonyl (C=O) groups is 1. The van der Waals surface area contributed by atoms with E-state index in [0.29, 0.717) is 26.0 Å². The maximum Gasteiger partial charge on any atom is 0.344 e. The monoisotopic (exact) mass is 329 g/mol. The molecule has 0 radical (unpaired) electrons. The van der Waals surface area contributed by atoms with Gasteiger partial charge in [-0.25, -0.2) is 9.78 Å². The lowest BCUT2D eigenvalue weighted by atomic mass is 9.95. The normalized spacial score (nSPS) is 16.0. The van der Waals surface area contributed by atoms with E-state index in [0.717, 1.165) is 22.6 Å². The van der Waals surface area contributed by atoms with E-state index in [4.69, 9.17) is 9.47 Å². The second-order valence-electron chi connectivity index (χ2n) is 5.65. The number of nitrogens with one attached hydrogen (secondary N) is 2. The second kappa shape index (κ2) is 7.16. The first-order valence-corrected chi connectivity index (χ1v) is 7.77. The van der Waals surface area contributed by atoms with Crippen LogP contribution in [0.1, 0.15) is 11.1 Å². The third-order valence-corrected chi connectivity index (χ3v) is 3.99. The smallest absolute Gasteiger partial charge is 0.344 e. The van der Waals surface area contributed by atoms with Gasteiger partial charge in [0.1, 0.15) is 18.1 Å². The fraction of sp³-hybridized carbons (Fsp3) is 0.353. The molecule has 3 rings (SSSR count). The molecule has 1 unspecified atom stereocenters. The van der Waals surface area contributed by atoms with Crippen LogP contribution in [-0.4, -0.2) is 36.1 Å². The number of carbonyl (C=O) groups excluding carboxylic acids is 1. The molecule has 1 aromatic heterocycles. The van der Waals surface area contributed by atoms with E-state index in [1.807, 2.05) is 18.2 Å². The minimum atomic E-state index is -0.378. The molecule has 1 aromatic carbocycles. The van der Waals surface area contributed by atoms with E-state index >= 15 is 0 Å². The molecule has 24 heavy (non-hydrogen) atoms. The van der Waals surface area contributed by atoms with Gasteiger partial charge in [0.15, 0.2) is 0 Å². The van der Waals surface area contributed by atoms with Crippen LogP contribution >= 0.6 is 0 Å². The van der Waals surface area contributed by atoms with E-state index < -0.39 is 0 Å². The largest absolute Gasteiger partial charge is 0.497 e. The predicted molar refractivity (Wildman–Crippen MR) is 87.3 cm³/mol. The van der Waals surface area contributed by atoms with Crippen LogP contribution in [0.3, 0.4) is 0 Å². The van der Waals surface area contributed by atoms with Crippen LogP contribution in [-0.2, 0) is 17.6 Å². The maximum atomic E-state index is 12.3. The van der Waals surface area contributed by atoms with Gasteiger partial charge in [0.2, 0.25) is 5.91 Å². The van der Waals surface area contributed by atoms with Gasteiger partial charge in [0.05, 0.1) is 13.0 Å². The van der Waals surface area contributed by atoms with Gasteiger partial charge in [0.25, 0.3) is 0 Å². The number of hydrogen-bond acceptors (Lipinski definition) is 5. The molecule has 0 saturated heterocycles. The minimum Gasteiger partial charge on any atom is -0.497 e. The molecular formula is C17H19N3O4. The molecule has 1 aliphatic heterocycles. The van der Waals surface area contributed by atoms with Crippen LogP contribution in [0.25, 0.3) is 0 Å². The quantitative estimate of drug-likeness (QED) is 0.842. The Kier molecular flexibility index (Phi) is 4.79. The van der Waals surface area contributed by atoms with Crippen molar-refractivity contribution in [2.45, 2.75) is 12.8 Å². The Balaban J connectivity index is 1.54. The number of H-pyrrole nitrogens is 1. The summed E-state index contributed by atoms with van der Waals surface area (Å²) in [7, 11) is 1.61. The zero-order valence-corrected chi connectivity index (χ0v) is 13.4. The Morgan fingerprint density at radius 3 is 3.12 bits per heavy atom. The summed E-state index contributed by atoms with van der Waals surface area (Å²) in [5.74, 6) is 1.29. The molecule has 1 amide bonds. The zero-order chi connectivity index (χ0) is 16.9. The highest BCUT2D eigenvalue weighted by Crippen LogP contribution is 2.30. The summed E-state index contributed by atoms with van der Waals surface area (Å²) >= 11 is 0. The lowest BCUT2D eigenvalue weighted by molar-refractivity contribution is -0.126. The number of benzene rings is 1. The number of amides is 1. The molecule has 0 aliphatic carbocycles. The molecule has 2 aromatic rings. The molecule has 1 atom stereocenters. The SMILES string of the molecule is COc1ccc2c(c1)CC(C(=O)NCCc1cnc(=O)[nH]c1)CO2. The van der Waals surface area contributed by atoms with Crippen LogP contribution in [0.15, 0.2) is 35.4 Å². The Morgan fingerprint density at radius 1 is 1.50 bits per heavy atom. The lowest BCUT2D eigenvalue weighted by Crippen LogP contribution is -2.38. The van der Waals surface area contributed by atoms with E-state index in [1.165, 1.54) is 6.20 Å². The number of nitrogens with zero attached hydrogens (tertiary/aromatic N) is 1. The summed E-state index contributed by atoms with van der Waals surface area (Å²) in [4.78, 5) is 29.4. The molecule has 2 heterocycles. The van der Waals surface area contributed by atoms with Crippen molar-refractivity contribution in [1.29, 1.82) is 0 Å². The van der Waals surface area contributed by atoms with Gasteiger partial charge in [-0.05, 0) is 42.2 Å². The van der Waals surface area contributed by atoms with Crippen molar-refractivity contribution in [3.8, 4) is 11.5 Å². The topological polar surface area (TPSA) is 93.3 Å². The van der Waals surface area contributed by atoms with Crippen molar-refractivity contribution in [3.05, 3.63) is 52.2 Å². The Labute approximate surface area is 139 Å². The third kappa shape index (κ3) is 3.73. The molecule has 7 nitrogen and oxygen atoms in total. The Hall–Kier alpha value is -2.83. The third-order valence-electron chi connectivity index (χ3n) is 3.99. The van der Waals surface area contributed by atoms with Crippen molar-refractivity contribution < 1.29 is 14.3 Å². The molecular weight excluding hydrogens is 310 g/mol. The summed E-state index contributed by atoms with van der Waals surface area (Å²) in [5, 5.41) is 2.90. The van der Waals surface area contributed by atoms with Gasteiger partial charge in [-0.3, -0.25) is 4.79 Å². The summed E-state index contributed by atoms with van der Waals surface area (Å²) in [6.45, 7) is 0.847. The average molecular weight is 329 g/mol. The molecule has 0 fully saturated rings. The molecule has 0 bridgehead atoms. The average Bonchev–Trinajstić information content (AvgIpc) is 2.62. The molecule has 7 heteroatoms. The van der Waals surface area contributed by atoms with Gasteiger partial charge < -0.3 is 19.8 Å². The van der Waals surface area contributed by atoms with Gasteiger partial charge >= 0.3 is 5.69 Å². The fourth-order valence-electron chi connectivity index (χ4n) is 2.65. The number of aromatic amines is 1. The van der Waals surface area contributed by atoms with Crippen molar-refractivity contribution in [2.75, 3.05) is 20.3 Å². The predicted octanol–water partition coefficient (Wildman–Crippen LogP) is 0.688. The number of methoxy groups -OCH3 is 1. The van der Waals surface area contributed by atoms with Gasteiger partial charge in [0, 0.05) is 18.9 Å². The zero-order valence-electron chi connectivity index (χ0n) is 13.4. The number of rotatable bonds is 5. The van der Waals surface area contributed by atoms with Gasteiger partial charge in [-0.2, -0.15) is 0 Å². The molecule has 126 valence electrons. The number of ether oxygens (including phenoxy) is 2. The first kappa shape index (κ1) is 16.0. The van der Waals surface area contributed by atoms with E-state index in [9.17, 15) is 9.59 Å². The lowest BCUT2D eigenvalue weighted by Gasteiger charge is -2.25. The van der Waals surface area contributed by atoms with Crippen LogP contribution in [0.2, 0.25) is 0 Å². The Morgan fingerprint density at radius 2 is 2.38 bits per heavy atom. The molecule has 1 aliphatic rings. The minimum absolute atomic E-state index is 0.0409.